The molecule has 1 fully saturated rings. The van der Waals surface area contributed by atoms with E-state index in [0.717, 1.165) is 5.56 Å². The lowest BCUT2D eigenvalue weighted by Crippen LogP contribution is -2.79. The van der Waals surface area contributed by atoms with Crippen molar-refractivity contribution in [3.8, 4) is 11.5 Å². The summed E-state index contributed by atoms with van der Waals surface area (Å²) >= 11 is -1.23. The van der Waals surface area contributed by atoms with Gasteiger partial charge in [0.25, 0.3) is 0 Å². The van der Waals surface area contributed by atoms with Gasteiger partial charge in [0.05, 0.1) is 7.05 Å². The first kappa shape index (κ1) is 24.0. The van der Waals surface area contributed by atoms with Crippen LogP contribution in [0.2, 0.25) is 19.6 Å². The number of amides is 1. The molecular weight excluding hydrogens is 400 g/mol. The van der Waals surface area contributed by atoms with Gasteiger partial charge in [0.2, 0.25) is 0 Å². The first-order valence-electron chi connectivity index (χ1n) is 10.0. The lowest BCUT2D eigenvalue weighted by Gasteiger charge is -2.51. The number of nitrogens with one attached hydrogen (secondary N) is 1. The Morgan fingerprint density at radius 1 is 1.28 bits per heavy atom. The molecule has 2 rings (SSSR count). The quantitative estimate of drug-likeness (QED) is 0.330. The van der Waals surface area contributed by atoms with Crippen LogP contribution < -0.4 is 4.72 Å². The largest absolute Gasteiger partial charge is 0.598 e. The number of carbonyl (C=O) groups is 1. The van der Waals surface area contributed by atoms with Crippen molar-refractivity contribution in [3.05, 3.63) is 35.9 Å². The zero-order valence-electron chi connectivity index (χ0n) is 18.8. The molecule has 1 heterocycles. The third-order valence-electron chi connectivity index (χ3n) is 4.70. The number of hydrogen-bond donors (Lipinski definition) is 1. The molecule has 0 aromatic heterocycles. The van der Waals surface area contributed by atoms with Crippen molar-refractivity contribution < 1.29 is 18.6 Å². The number of likely N-dealkylation sites (N-methyl/N-ethyl adjacent to an activating group) is 1. The molecule has 0 aliphatic carbocycles. The van der Waals surface area contributed by atoms with Crippen molar-refractivity contribution in [2.75, 3.05) is 20.1 Å². The number of quaternary nitrogens is 1. The highest BCUT2D eigenvalue weighted by Crippen LogP contribution is 2.34. The summed E-state index contributed by atoms with van der Waals surface area (Å²) in [5, 5.41) is 0. The highest BCUT2D eigenvalue weighted by molar-refractivity contribution is 7.90. The van der Waals surface area contributed by atoms with Crippen molar-refractivity contribution in [1.82, 2.24) is 4.72 Å². The normalized spacial score (nSPS) is 25.4. The van der Waals surface area contributed by atoms with Crippen LogP contribution in [0.1, 0.15) is 32.8 Å². The Labute approximate surface area is 180 Å². The number of carbonyl (C=O) groups excluding carboxylic acids is 1. The lowest BCUT2D eigenvalue weighted by atomic mass is 9.85. The second-order valence-electron chi connectivity index (χ2n) is 10.2. The van der Waals surface area contributed by atoms with Crippen molar-refractivity contribution in [1.29, 1.82) is 0 Å². The van der Waals surface area contributed by atoms with Gasteiger partial charge in [-0.2, -0.15) is 4.79 Å². The number of hydrogen-bond acceptors (Lipinski definition) is 4. The summed E-state index contributed by atoms with van der Waals surface area (Å²) in [7, 11) is 0.383. The molecule has 1 saturated heterocycles. The van der Waals surface area contributed by atoms with Crippen LogP contribution in [0.3, 0.4) is 0 Å². The SMILES string of the molecule is CC(C)(C)[S+]([O-])NC1(CC#C[Si](C)(C)C)C[N+](C)(C(=O)OCc2ccccc2)C1. The van der Waals surface area contributed by atoms with Gasteiger partial charge in [-0.05, 0) is 26.3 Å². The Kier molecular flexibility index (Phi) is 7.29. The number of nitrogens with zero attached hydrogens (tertiary/aromatic N) is 1. The predicted molar refractivity (Wildman–Crippen MR) is 122 cm³/mol. The van der Waals surface area contributed by atoms with Gasteiger partial charge in [-0.15, -0.1) is 16.2 Å². The monoisotopic (exact) mass is 435 g/mol. The van der Waals surface area contributed by atoms with Crippen LogP contribution in [0, 0.1) is 11.5 Å². The highest BCUT2D eigenvalue weighted by Gasteiger charge is 2.61. The van der Waals surface area contributed by atoms with Gasteiger partial charge in [-0.1, -0.05) is 50.0 Å². The van der Waals surface area contributed by atoms with Crippen LogP contribution in [0.5, 0.6) is 0 Å². The van der Waals surface area contributed by atoms with Gasteiger partial charge in [0.1, 0.15) is 32.5 Å². The molecular formula is C22H35N2O3SSi+. The van der Waals surface area contributed by atoms with Crippen LogP contribution in [-0.2, 0) is 22.7 Å². The number of benzene rings is 1. The second-order valence-corrected chi connectivity index (χ2v) is 17.0. The Morgan fingerprint density at radius 2 is 1.86 bits per heavy atom. The standard InChI is InChI=1S/C22H35N2O3SSi/c1-21(2,3)28(26)23-22(14-11-15-29(5,6)7)17-24(4,18-22)20(25)27-16-19-12-9-8-10-13-19/h8-10,12-13,23H,14,16-18H2,1-7H3/q+1. The highest BCUT2D eigenvalue weighted by atomic mass is 32.2. The summed E-state index contributed by atoms with van der Waals surface area (Å²) in [5.74, 6) is 3.31. The number of rotatable bonds is 5. The second kappa shape index (κ2) is 8.82. The summed E-state index contributed by atoms with van der Waals surface area (Å²) in [4.78, 5) is 12.7. The molecule has 0 saturated carbocycles. The smallest absolute Gasteiger partial charge is 0.516 e. The molecule has 1 aromatic rings. The summed E-state index contributed by atoms with van der Waals surface area (Å²) in [6, 6.07) is 9.67. The molecule has 1 aliphatic heterocycles. The van der Waals surface area contributed by atoms with Gasteiger partial charge >= 0.3 is 6.09 Å². The van der Waals surface area contributed by atoms with E-state index in [1.54, 1.807) is 0 Å². The summed E-state index contributed by atoms with van der Waals surface area (Å²) in [6.07, 6.45) is 0.324. The van der Waals surface area contributed by atoms with Crippen molar-refractivity contribution in [2.45, 2.75) is 63.7 Å². The van der Waals surface area contributed by atoms with Gasteiger partial charge in [-0.25, -0.2) is 4.48 Å². The maximum absolute atomic E-state index is 12.8. The molecule has 0 spiro atoms. The summed E-state index contributed by atoms with van der Waals surface area (Å²) in [6.45, 7) is 13.7. The van der Waals surface area contributed by atoms with E-state index in [-0.39, 0.29) is 21.9 Å². The van der Waals surface area contributed by atoms with Crippen LogP contribution >= 0.6 is 0 Å². The van der Waals surface area contributed by atoms with Gasteiger partial charge < -0.3 is 9.29 Å². The van der Waals surface area contributed by atoms with E-state index in [0.29, 0.717) is 19.5 Å². The first-order chi connectivity index (χ1) is 13.2. The molecule has 1 amide bonds. The van der Waals surface area contributed by atoms with E-state index in [1.165, 1.54) is 0 Å². The number of likely N-dealkylation sites (tertiary alicyclic amines) is 1. The first-order valence-corrected chi connectivity index (χ1v) is 14.7. The Morgan fingerprint density at radius 3 is 2.38 bits per heavy atom. The maximum Gasteiger partial charge on any atom is 0.516 e. The van der Waals surface area contributed by atoms with Crippen molar-refractivity contribution in [3.63, 3.8) is 0 Å². The zero-order chi connectivity index (χ0) is 21.9. The van der Waals surface area contributed by atoms with Crippen LogP contribution in [0.15, 0.2) is 30.3 Å². The lowest BCUT2D eigenvalue weighted by molar-refractivity contribution is -0.890. The van der Waals surface area contributed by atoms with E-state index in [1.807, 2.05) is 58.2 Å². The fourth-order valence-corrected chi connectivity index (χ4v) is 4.85. The molecule has 1 atom stereocenters. The molecule has 1 aromatic carbocycles. The molecule has 160 valence electrons. The van der Waals surface area contributed by atoms with Gasteiger partial charge in [0.15, 0.2) is 5.54 Å². The third kappa shape index (κ3) is 6.87. The van der Waals surface area contributed by atoms with Crippen molar-refractivity contribution in [2.24, 2.45) is 0 Å². The average molecular weight is 436 g/mol. The van der Waals surface area contributed by atoms with Crippen LogP contribution in [0.25, 0.3) is 0 Å². The van der Waals surface area contributed by atoms with Crippen LogP contribution in [0.4, 0.5) is 4.79 Å². The minimum atomic E-state index is -1.49. The summed E-state index contributed by atoms with van der Waals surface area (Å²) < 4.78 is 21.4. The predicted octanol–water partition coefficient (Wildman–Crippen LogP) is 3.84. The topological polar surface area (TPSA) is 61.4 Å². The van der Waals surface area contributed by atoms with Crippen molar-refractivity contribution >= 4 is 25.5 Å². The molecule has 1 unspecified atom stereocenters. The zero-order valence-corrected chi connectivity index (χ0v) is 20.6. The molecule has 0 bridgehead atoms. The minimum Gasteiger partial charge on any atom is -0.598 e. The average Bonchev–Trinajstić information content (AvgIpc) is 2.57. The minimum absolute atomic E-state index is 0.163. The van der Waals surface area contributed by atoms with E-state index < -0.39 is 25.0 Å². The van der Waals surface area contributed by atoms with Crippen LogP contribution in [-0.4, -0.2) is 53.6 Å². The maximum atomic E-state index is 12.8. The van der Waals surface area contributed by atoms with E-state index in [9.17, 15) is 9.35 Å². The molecule has 29 heavy (non-hydrogen) atoms. The van der Waals surface area contributed by atoms with E-state index in [4.69, 9.17) is 4.74 Å². The Bertz CT molecular complexity index is 769. The molecule has 0 radical (unpaired) electrons. The molecule has 1 N–H and O–H groups in total. The third-order valence-corrected chi connectivity index (χ3v) is 7.36. The van der Waals surface area contributed by atoms with E-state index in [2.05, 4.69) is 35.8 Å². The molecule has 1 aliphatic rings. The fraction of sp³-hybridized carbons (Fsp3) is 0.591. The number of ether oxygens (including phenoxy) is 1. The molecule has 5 nitrogen and oxygen atoms in total. The molecule has 7 heteroatoms. The Balaban J connectivity index is 2.07. The van der Waals surface area contributed by atoms with Gasteiger partial charge in [-0.3, -0.25) is 0 Å². The summed E-state index contributed by atoms with van der Waals surface area (Å²) in [5.41, 5.74) is 3.91. The Hall–Kier alpha value is -1.30. The fourth-order valence-electron chi connectivity index (χ4n) is 3.33. The van der Waals surface area contributed by atoms with E-state index >= 15 is 0 Å². The van der Waals surface area contributed by atoms with Gasteiger partial charge in [0, 0.05) is 17.8 Å².